The van der Waals surface area contributed by atoms with Gasteiger partial charge in [-0.15, -0.1) is 0 Å². The summed E-state index contributed by atoms with van der Waals surface area (Å²) in [7, 11) is 0. The van der Waals surface area contributed by atoms with Gasteiger partial charge in [-0.3, -0.25) is 4.68 Å². The SMILES string of the molecule is CCCn1cc(CN[C@@H](C)c2ccccc2C)cn1. The topological polar surface area (TPSA) is 29.9 Å². The molecular formula is C16H23N3. The lowest BCUT2D eigenvalue weighted by atomic mass is 10.0. The highest BCUT2D eigenvalue weighted by Crippen LogP contribution is 2.17. The molecule has 0 aliphatic rings. The molecule has 3 nitrogen and oxygen atoms in total. The highest BCUT2D eigenvalue weighted by molar-refractivity contribution is 5.28. The van der Waals surface area contributed by atoms with Crippen molar-refractivity contribution < 1.29 is 0 Å². The van der Waals surface area contributed by atoms with Crippen LogP contribution in [0.4, 0.5) is 0 Å². The van der Waals surface area contributed by atoms with Gasteiger partial charge < -0.3 is 5.32 Å². The summed E-state index contributed by atoms with van der Waals surface area (Å²) in [6.45, 7) is 8.39. The molecule has 1 atom stereocenters. The van der Waals surface area contributed by atoms with Crippen LogP contribution in [0.3, 0.4) is 0 Å². The summed E-state index contributed by atoms with van der Waals surface area (Å²) in [4.78, 5) is 0. The fourth-order valence-corrected chi connectivity index (χ4v) is 2.30. The number of rotatable bonds is 6. The van der Waals surface area contributed by atoms with E-state index in [-0.39, 0.29) is 0 Å². The van der Waals surface area contributed by atoms with E-state index < -0.39 is 0 Å². The number of aromatic nitrogens is 2. The van der Waals surface area contributed by atoms with Crippen molar-refractivity contribution in [3.8, 4) is 0 Å². The first-order valence-corrected chi connectivity index (χ1v) is 7.01. The molecule has 0 aliphatic carbocycles. The largest absolute Gasteiger partial charge is 0.306 e. The molecule has 2 aromatic rings. The van der Waals surface area contributed by atoms with Crippen LogP contribution in [0.25, 0.3) is 0 Å². The van der Waals surface area contributed by atoms with Gasteiger partial charge >= 0.3 is 0 Å². The summed E-state index contributed by atoms with van der Waals surface area (Å²) in [6.07, 6.45) is 5.20. The van der Waals surface area contributed by atoms with Crippen LogP contribution in [0.5, 0.6) is 0 Å². The molecule has 0 saturated heterocycles. The van der Waals surface area contributed by atoms with Crippen molar-refractivity contribution in [1.82, 2.24) is 15.1 Å². The minimum absolute atomic E-state index is 0.357. The maximum atomic E-state index is 4.35. The second kappa shape index (κ2) is 6.53. The second-order valence-electron chi connectivity index (χ2n) is 5.07. The molecule has 1 heterocycles. The molecule has 19 heavy (non-hydrogen) atoms. The van der Waals surface area contributed by atoms with Crippen LogP contribution in [-0.4, -0.2) is 9.78 Å². The minimum atomic E-state index is 0.357. The minimum Gasteiger partial charge on any atom is -0.306 e. The first-order valence-electron chi connectivity index (χ1n) is 7.01. The van der Waals surface area contributed by atoms with Crippen LogP contribution in [0.2, 0.25) is 0 Å². The van der Waals surface area contributed by atoms with E-state index in [9.17, 15) is 0 Å². The Morgan fingerprint density at radius 1 is 1.32 bits per heavy atom. The Kier molecular flexibility index (Phi) is 4.74. The van der Waals surface area contributed by atoms with Crippen LogP contribution < -0.4 is 5.32 Å². The summed E-state index contributed by atoms with van der Waals surface area (Å²) >= 11 is 0. The van der Waals surface area contributed by atoms with Crippen molar-refractivity contribution in [3.63, 3.8) is 0 Å². The van der Waals surface area contributed by atoms with Crippen LogP contribution in [-0.2, 0) is 13.1 Å². The predicted octanol–water partition coefficient (Wildman–Crippen LogP) is 3.45. The molecule has 0 spiro atoms. The van der Waals surface area contributed by atoms with Gasteiger partial charge in [-0.1, -0.05) is 31.2 Å². The number of benzene rings is 1. The Morgan fingerprint density at radius 3 is 2.84 bits per heavy atom. The number of hydrogen-bond acceptors (Lipinski definition) is 2. The van der Waals surface area contributed by atoms with Gasteiger partial charge in [-0.2, -0.15) is 5.10 Å². The maximum absolute atomic E-state index is 4.35. The second-order valence-corrected chi connectivity index (χ2v) is 5.07. The number of hydrogen-bond donors (Lipinski definition) is 1. The van der Waals surface area contributed by atoms with E-state index in [0.717, 1.165) is 19.5 Å². The normalized spacial score (nSPS) is 12.6. The van der Waals surface area contributed by atoms with Crippen LogP contribution in [0.1, 0.15) is 43.0 Å². The average Bonchev–Trinajstić information content (AvgIpc) is 2.85. The first-order chi connectivity index (χ1) is 9.20. The van der Waals surface area contributed by atoms with Gasteiger partial charge in [0.1, 0.15) is 0 Å². The van der Waals surface area contributed by atoms with E-state index in [1.54, 1.807) is 0 Å². The zero-order chi connectivity index (χ0) is 13.7. The number of aryl methyl sites for hydroxylation is 2. The molecule has 102 valence electrons. The van der Waals surface area contributed by atoms with Gasteiger partial charge in [0.05, 0.1) is 6.20 Å². The molecular weight excluding hydrogens is 234 g/mol. The molecule has 0 saturated carbocycles. The fraction of sp³-hybridized carbons (Fsp3) is 0.438. The van der Waals surface area contributed by atoms with E-state index >= 15 is 0 Å². The highest BCUT2D eigenvalue weighted by Gasteiger charge is 2.07. The zero-order valence-corrected chi connectivity index (χ0v) is 12.1. The third-order valence-electron chi connectivity index (χ3n) is 3.41. The molecule has 0 aliphatic heterocycles. The molecule has 0 fully saturated rings. The van der Waals surface area contributed by atoms with E-state index in [0.29, 0.717) is 6.04 Å². The van der Waals surface area contributed by atoms with Crippen molar-refractivity contribution in [1.29, 1.82) is 0 Å². The van der Waals surface area contributed by atoms with E-state index in [4.69, 9.17) is 0 Å². The molecule has 0 bridgehead atoms. The molecule has 0 radical (unpaired) electrons. The summed E-state index contributed by atoms with van der Waals surface area (Å²) in [5.74, 6) is 0. The third kappa shape index (κ3) is 3.67. The Hall–Kier alpha value is -1.61. The molecule has 0 unspecified atom stereocenters. The van der Waals surface area contributed by atoms with E-state index in [1.165, 1.54) is 16.7 Å². The first kappa shape index (κ1) is 13.8. The fourth-order valence-electron chi connectivity index (χ4n) is 2.30. The number of nitrogens with one attached hydrogen (secondary N) is 1. The van der Waals surface area contributed by atoms with Crippen molar-refractivity contribution in [2.24, 2.45) is 0 Å². The average molecular weight is 257 g/mol. The lowest BCUT2D eigenvalue weighted by Gasteiger charge is -2.15. The van der Waals surface area contributed by atoms with Crippen LogP contribution in [0.15, 0.2) is 36.7 Å². The smallest absolute Gasteiger partial charge is 0.0534 e. The van der Waals surface area contributed by atoms with E-state index in [2.05, 4.69) is 61.6 Å². The summed E-state index contributed by atoms with van der Waals surface area (Å²) in [5.41, 5.74) is 3.95. The van der Waals surface area contributed by atoms with Crippen LogP contribution in [0, 0.1) is 6.92 Å². The van der Waals surface area contributed by atoms with Gasteiger partial charge in [0, 0.05) is 30.9 Å². The van der Waals surface area contributed by atoms with Gasteiger partial charge in [0.25, 0.3) is 0 Å². The van der Waals surface area contributed by atoms with Crippen molar-refractivity contribution in [2.75, 3.05) is 0 Å². The molecule has 1 N–H and O–H groups in total. The Labute approximate surface area is 115 Å². The molecule has 3 heteroatoms. The Balaban J connectivity index is 1.92. The van der Waals surface area contributed by atoms with Crippen LogP contribution >= 0.6 is 0 Å². The molecule has 1 aromatic carbocycles. The highest BCUT2D eigenvalue weighted by atomic mass is 15.3. The predicted molar refractivity (Wildman–Crippen MR) is 79.0 cm³/mol. The van der Waals surface area contributed by atoms with E-state index in [1.807, 2.05) is 10.9 Å². The van der Waals surface area contributed by atoms with Crippen molar-refractivity contribution in [3.05, 3.63) is 53.3 Å². The lowest BCUT2D eigenvalue weighted by molar-refractivity contribution is 0.569. The standard InChI is InChI=1S/C16H23N3/c1-4-9-19-12-15(11-18-19)10-17-14(3)16-8-6-5-7-13(16)2/h5-8,11-12,14,17H,4,9-10H2,1-3H3/t14-/m0/s1. The third-order valence-corrected chi connectivity index (χ3v) is 3.41. The summed E-state index contributed by atoms with van der Waals surface area (Å²) < 4.78 is 2.01. The Morgan fingerprint density at radius 2 is 2.11 bits per heavy atom. The monoisotopic (exact) mass is 257 g/mol. The summed E-state index contributed by atoms with van der Waals surface area (Å²) in [5, 5.41) is 7.91. The quantitative estimate of drug-likeness (QED) is 0.859. The molecule has 2 rings (SSSR count). The Bertz CT molecular complexity index is 516. The van der Waals surface area contributed by atoms with Gasteiger partial charge in [-0.25, -0.2) is 0 Å². The molecule has 1 aromatic heterocycles. The molecule has 0 amide bonds. The van der Waals surface area contributed by atoms with Gasteiger partial charge in [0.15, 0.2) is 0 Å². The van der Waals surface area contributed by atoms with Crippen molar-refractivity contribution in [2.45, 2.75) is 46.3 Å². The maximum Gasteiger partial charge on any atom is 0.0534 e. The number of nitrogens with zero attached hydrogens (tertiary/aromatic N) is 2. The zero-order valence-electron chi connectivity index (χ0n) is 12.1. The van der Waals surface area contributed by atoms with Gasteiger partial charge in [0.2, 0.25) is 0 Å². The van der Waals surface area contributed by atoms with Crippen molar-refractivity contribution >= 4 is 0 Å². The lowest BCUT2D eigenvalue weighted by Crippen LogP contribution is -2.18. The van der Waals surface area contributed by atoms with Gasteiger partial charge in [-0.05, 0) is 31.4 Å². The summed E-state index contributed by atoms with van der Waals surface area (Å²) in [6, 6.07) is 8.89.